The second-order valence-corrected chi connectivity index (χ2v) is 3.00. The van der Waals surface area contributed by atoms with Crippen molar-refractivity contribution in [3.05, 3.63) is 41.9 Å². The van der Waals surface area contributed by atoms with Crippen LogP contribution in [0.3, 0.4) is 0 Å². The van der Waals surface area contributed by atoms with Crippen LogP contribution in [-0.4, -0.2) is 10.1 Å². The Morgan fingerprint density at radius 3 is 3.00 bits per heavy atom. The maximum Gasteiger partial charge on any atom is 0.213 e. The predicted molar refractivity (Wildman–Crippen MR) is 62.7 cm³/mol. The van der Waals surface area contributed by atoms with Crippen molar-refractivity contribution in [1.29, 1.82) is 0 Å². The maximum absolute atomic E-state index is 7.02. The van der Waals surface area contributed by atoms with Gasteiger partial charge in [-0.3, -0.25) is 4.98 Å². The monoisotopic (exact) mass is 211 g/mol. The second kappa shape index (κ2) is 3.97. The lowest BCUT2D eigenvalue weighted by Crippen LogP contribution is -1.78. The van der Waals surface area contributed by atoms with Gasteiger partial charge in [0.25, 0.3) is 0 Å². The van der Waals surface area contributed by atoms with Gasteiger partial charge in [-0.05, 0) is 24.4 Å². The third-order valence-electron chi connectivity index (χ3n) is 2.01. The van der Waals surface area contributed by atoms with Crippen LogP contribution in [0.4, 0.5) is 11.4 Å². The molecular formula is C11H5N3S. The van der Waals surface area contributed by atoms with Crippen LogP contribution in [-0.2, 0) is 0 Å². The minimum Gasteiger partial charge on any atom is -0.268 e. The Bertz CT molecular complexity index is 607. The third-order valence-corrected chi connectivity index (χ3v) is 2.10. The molecule has 15 heavy (non-hydrogen) atoms. The third kappa shape index (κ3) is 1.62. The van der Waals surface area contributed by atoms with Crippen LogP contribution >= 0.6 is 12.2 Å². The highest BCUT2D eigenvalue weighted by Crippen LogP contribution is 2.31. The fourth-order valence-corrected chi connectivity index (χ4v) is 1.48. The van der Waals surface area contributed by atoms with Gasteiger partial charge in [0, 0.05) is 11.6 Å². The number of isothiocyanates is 1. The number of pyridine rings is 1. The van der Waals surface area contributed by atoms with E-state index in [1.165, 1.54) is 0 Å². The van der Waals surface area contributed by atoms with Crippen LogP contribution < -0.4 is 0 Å². The predicted octanol–water partition coefficient (Wildman–Crippen LogP) is 3.52. The number of benzene rings is 1. The molecule has 4 heteroatoms. The molecule has 0 bridgehead atoms. The van der Waals surface area contributed by atoms with Gasteiger partial charge in [-0.15, -0.1) is 0 Å². The molecule has 0 spiro atoms. The second-order valence-electron chi connectivity index (χ2n) is 2.82. The van der Waals surface area contributed by atoms with E-state index in [1.807, 2.05) is 6.07 Å². The molecule has 0 saturated carbocycles. The molecule has 0 aliphatic rings. The molecule has 0 N–H and O–H groups in total. The number of hydrogen-bond donors (Lipinski definition) is 0. The molecule has 0 unspecified atom stereocenters. The van der Waals surface area contributed by atoms with E-state index in [2.05, 4.69) is 32.2 Å². The van der Waals surface area contributed by atoms with Gasteiger partial charge in [0.2, 0.25) is 5.69 Å². The summed E-state index contributed by atoms with van der Waals surface area (Å²) < 4.78 is 0. The normalized spacial score (nSPS) is 9.27. The van der Waals surface area contributed by atoms with Crippen molar-refractivity contribution in [2.24, 2.45) is 4.99 Å². The van der Waals surface area contributed by atoms with E-state index in [-0.39, 0.29) is 0 Å². The number of aliphatic imine (C=N–C) groups is 1. The zero-order valence-corrected chi connectivity index (χ0v) is 8.45. The van der Waals surface area contributed by atoms with Gasteiger partial charge in [-0.25, -0.2) is 4.85 Å². The molecule has 2 aromatic rings. The Kier molecular flexibility index (Phi) is 2.51. The first-order valence-electron chi connectivity index (χ1n) is 4.20. The van der Waals surface area contributed by atoms with Gasteiger partial charge < -0.3 is 0 Å². The molecule has 0 aliphatic carbocycles. The van der Waals surface area contributed by atoms with Crippen molar-refractivity contribution in [2.75, 3.05) is 0 Å². The van der Waals surface area contributed by atoms with Gasteiger partial charge in [0.1, 0.15) is 0 Å². The molecule has 2 rings (SSSR count). The van der Waals surface area contributed by atoms with Gasteiger partial charge in [-0.2, -0.15) is 4.99 Å². The van der Waals surface area contributed by atoms with E-state index < -0.39 is 0 Å². The summed E-state index contributed by atoms with van der Waals surface area (Å²) >= 11 is 4.56. The van der Waals surface area contributed by atoms with Crippen molar-refractivity contribution in [3.8, 4) is 0 Å². The van der Waals surface area contributed by atoms with E-state index in [0.29, 0.717) is 16.9 Å². The van der Waals surface area contributed by atoms with Crippen molar-refractivity contribution in [1.82, 2.24) is 4.98 Å². The quantitative estimate of drug-likeness (QED) is 0.410. The molecule has 0 amide bonds. The lowest BCUT2D eigenvalue weighted by molar-refractivity contribution is 1.41. The largest absolute Gasteiger partial charge is 0.268 e. The summed E-state index contributed by atoms with van der Waals surface area (Å²) in [7, 11) is 0. The van der Waals surface area contributed by atoms with E-state index in [1.54, 1.807) is 24.4 Å². The fourth-order valence-electron chi connectivity index (χ4n) is 1.38. The van der Waals surface area contributed by atoms with Gasteiger partial charge in [0.05, 0.1) is 22.9 Å². The highest BCUT2D eigenvalue weighted by atomic mass is 32.1. The van der Waals surface area contributed by atoms with Crippen LogP contribution in [0.15, 0.2) is 35.5 Å². The molecule has 1 aromatic heterocycles. The van der Waals surface area contributed by atoms with Crippen molar-refractivity contribution in [2.45, 2.75) is 0 Å². The van der Waals surface area contributed by atoms with Gasteiger partial charge >= 0.3 is 0 Å². The number of nitrogens with zero attached hydrogens (tertiary/aromatic N) is 3. The molecule has 3 nitrogen and oxygen atoms in total. The van der Waals surface area contributed by atoms with Crippen molar-refractivity contribution in [3.63, 3.8) is 0 Å². The molecule has 0 radical (unpaired) electrons. The Morgan fingerprint density at radius 2 is 2.27 bits per heavy atom. The van der Waals surface area contributed by atoms with Crippen molar-refractivity contribution < 1.29 is 0 Å². The van der Waals surface area contributed by atoms with Crippen molar-refractivity contribution >= 4 is 39.7 Å². The first kappa shape index (κ1) is 9.47. The number of fused-ring (bicyclic) bond motifs is 1. The summed E-state index contributed by atoms with van der Waals surface area (Å²) in [5.41, 5.74) is 1.87. The fraction of sp³-hybridized carbons (Fsp3) is 0. The topological polar surface area (TPSA) is 29.6 Å². The Morgan fingerprint density at radius 1 is 1.40 bits per heavy atom. The summed E-state index contributed by atoms with van der Waals surface area (Å²) in [5, 5.41) is 3.14. The average Bonchev–Trinajstić information content (AvgIpc) is 2.30. The van der Waals surface area contributed by atoms with E-state index in [0.717, 1.165) is 5.39 Å². The van der Waals surface area contributed by atoms with Crippen LogP contribution in [0.5, 0.6) is 0 Å². The number of rotatable bonds is 1. The van der Waals surface area contributed by atoms with Crippen LogP contribution in [0.2, 0.25) is 0 Å². The molecular weight excluding hydrogens is 206 g/mol. The average molecular weight is 211 g/mol. The first-order chi connectivity index (χ1) is 7.36. The highest BCUT2D eigenvalue weighted by Gasteiger charge is 2.05. The van der Waals surface area contributed by atoms with E-state index >= 15 is 0 Å². The zero-order chi connectivity index (χ0) is 10.7. The smallest absolute Gasteiger partial charge is 0.213 e. The molecule has 0 aliphatic heterocycles. The molecule has 1 aromatic carbocycles. The molecule has 70 valence electrons. The lowest BCUT2D eigenvalue weighted by atomic mass is 10.1. The lowest BCUT2D eigenvalue weighted by Gasteiger charge is -2.01. The molecule has 0 saturated heterocycles. The summed E-state index contributed by atoms with van der Waals surface area (Å²) in [5.74, 6) is 0. The summed E-state index contributed by atoms with van der Waals surface area (Å²) in [6.07, 6.45) is 1.65. The zero-order valence-electron chi connectivity index (χ0n) is 7.64. The highest BCUT2D eigenvalue weighted by molar-refractivity contribution is 7.78. The van der Waals surface area contributed by atoms with E-state index in [4.69, 9.17) is 6.57 Å². The number of aromatic nitrogens is 1. The Labute approximate surface area is 91.9 Å². The Balaban J connectivity index is 2.90. The SMILES string of the molecule is [C-]#[N+]c1ccc(N=C=S)c2cccnc12. The molecule has 0 atom stereocenters. The van der Waals surface area contributed by atoms with E-state index in [9.17, 15) is 0 Å². The summed E-state index contributed by atoms with van der Waals surface area (Å²) in [4.78, 5) is 11.5. The standard InChI is InChI=1S/C11H5N3S/c1-12-10-5-4-9(14-7-15)8-3-2-6-13-11(8)10/h2-6H. The molecule has 0 fully saturated rings. The maximum atomic E-state index is 7.02. The minimum atomic E-state index is 0.522. The summed E-state index contributed by atoms with van der Waals surface area (Å²) in [6, 6.07) is 7.10. The Hall–Kier alpha value is -2.08. The summed E-state index contributed by atoms with van der Waals surface area (Å²) in [6.45, 7) is 7.02. The van der Waals surface area contributed by atoms with Crippen LogP contribution in [0.25, 0.3) is 15.7 Å². The molecule has 1 heterocycles. The van der Waals surface area contributed by atoms with Gasteiger partial charge in [-0.1, -0.05) is 12.1 Å². The van der Waals surface area contributed by atoms with Gasteiger partial charge in [0.15, 0.2) is 0 Å². The van der Waals surface area contributed by atoms with Crippen LogP contribution in [0, 0.1) is 6.57 Å². The first-order valence-corrected chi connectivity index (χ1v) is 4.60. The minimum absolute atomic E-state index is 0.522. The number of thiocarbonyl (C=S) groups is 1. The van der Waals surface area contributed by atoms with Crippen LogP contribution in [0.1, 0.15) is 0 Å². The number of hydrogen-bond acceptors (Lipinski definition) is 3.